The molecule has 1 aromatic carbocycles. The van der Waals surface area contributed by atoms with Gasteiger partial charge in [0.2, 0.25) is 0 Å². The second kappa shape index (κ2) is 6.35. The Morgan fingerprint density at radius 2 is 2.05 bits per heavy atom. The molecule has 0 bridgehead atoms. The lowest BCUT2D eigenvalue weighted by molar-refractivity contribution is -0.136. The van der Waals surface area contributed by atoms with Crippen LogP contribution in [0.25, 0.3) is 0 Å². The van der Waals surface area contributed by atoms with Crippen LogP contribution in [0.4, 0.5) is 0 Å². The van der Waals surface area contributed by atoms with Gasteiger partial charge in [0.1, 0.15) is 5.60 Å². The summed E-state index contributed by atoms with van der Waals surface area (Å²) < 4.78 is 5.38. The summed E-state index contributed by atoms with van der Waals surface area (Å²) in [6.07, 6.45) is 0.550. The SMILES string of the molecule is CC1OCCC1(O)CNCc1ccc(CC(=O)O)cc1. The predicted molar refractivity (Wildman–Crippen MR) is 74.5 cm³/mol. The molecule has 1 fully saturated rings. The van der Waals surface area contributed by atoms with Crippen molar-refractivity contribution in [1.29, 1.82) is 0 Å². The highest BCUT2D eigenvalue weighted by Crippen LogP contribution is 2.24. The van der Waals surface area contributed by atoms with E-state index >= 15 is 0 Å². The third kappa shape index (κ3) is 3.79. The summed E-state index contributed by atoms with van der Waals surface area (Å²) in [5.41, 5.74) is 1.07. The highest BCUT2D eigenvalue weighted by atomic mass is 16.5. The monoisotopic (exact) mass is 279 g/mol. The molecule has 1 heterocycles. The first-order valence-corrected chi connectivity index (χ1v) is 6.84. The average Bonchev–Trinajstić information content (AvgIpc) is 2.71. The molecule has 2 unspecified atom stereocenters. The lowest BCUT2D eigenvalue weighted by Crippen LogP contribution is -2.45. The second-order valence-electron chi connectivity index (χ2n) is 5.36. The number of aliphatic hydroxyl groups is 1. The van der Waals surface area contributed by atoms with E-state index in [1.54, 1.807) is 0 Å². The summed E-state index contributed by atoms with van der Waals surface area (Å²) in [4.78, 5) is 10.6. The molecule has 110 valence electrons. The van der Waals surface area contributed by atoms with E-state index in [1.807, 2.05) is 31.2 Å². The maximum atomic E-state index is 10.6. The summed E-state index contributed by atoms with van der Waals surface area (Å²) in [5, 5.41) is 22.3. The molecule has 5 nitrogen and oxygen atoms in total. The minimum absolute atomic E-state index is 0.0440. The smallest absolute Gasteiger partial charge is 0.307 e. The van der Waals surface area contributed by atoms with E-state index in [0.717, 1.165) is 11.1 Å². The van der Waals surface area contributed by atoms with Gasteiger partial charge in [-0.2, -0.15) is 0 Å². The number of ether oxygens (including phenoxy) is 1. The van der Waals surface area contributed by atoms with Crippen molar-refractivity contribution >= 4 is 5.97 Å². The summed E-state index contributed by atoms with van der Waals surface area (Å²) in [6.45, 7) is 3.62. The van der Waals surface area contributed by atoms with Crippen LogP contribution >= 0.6 is 0 Å². The number of carbonyl (C=O) groups is 1. The van der Waals surface area contributed by atoms with Crippen LogP contribution in [0.1, 0.15) is 24.5 Å². The fourth-order valence-corrected chi connectivity index (χ4v) is 2.38. The molecule has 1 saturated heterocycles. The number of aliphatic carboxylic acids is 1. The molecule has 20 heavy (non-hydrogen) atoms. The molecular weight excluding hydrogens is 258 g/mol. The minimum atomic E-state index is -0.826. The van der Waals surface area contributed by atoms with Gasteiger partial charge < -0.3 is 20.3 Å². The summed E-state index contributed by atoms with van der Waals surface area (Å²) in [7, 11) is 0. The molecule has 1 aromatic rings. The van der Waals surface area contributed by atoms with E-state index < -0.39 is 11.6 Å². The highest BCUT2D eigenvalue weighted by Gasteiger charge is 2.38. The second-order valence-corrected chi connectivity index (χ2v) is 5.36. The first kappa shape index (κ1) is 15.0. The van der Waals surface area contributed by atoms with E-state index in [9.17, 15) is 9.90 Å². The Bertz CT molecular complexity index is 459. The third-order valence-electron chi connectivity index (χ3n) is 3.80. The van der Waals surface area contributed by atoms with E-state index in [-0.39, 0.29) is 12.5 Å². The summed E-state index contributed by atoms with van der Waals surface area (Å²) >= 11 is 0. The van der Waals surface area contributed by atoms with Crippen LogP contribution in [-0.2, 0) is 22.5 Å². The largest absolute Gasteiger partial charge is 0.481 e. The number of hydrogen-bond donors (Lipinski definition) is 3. The Labute approximate surface area is 118 Å². The van der Waals surface area contributed by atoms with E-state index in [0.29, 0.717) is 26.1 Å². The van der Waals surface area contributed by atoms with Gasteiger partial charge in [0.05, 0.1) is 12.5 Å². The van der Waals surface area contributed by atoms with E-state index in [1.165, 1.54) is 0 Å². The van der Waals surface area contributed by atoms with Crippen LogP contribution in [0.2, 0.25) is 0 Å². The Morgan fingerprint density at radius 1 is 1.40 bits per heavy atom. The number of nitrogens with one attached hydrogen (secondary N) is 1. The van der Waals surface area contributed by atoms with Gasteiger partial charge >= 0.3 is 5.97 Å². The zero-order chi connectivity index (χ0) is 14.6. The molecule has 0 spiro atoms. The van der Waals surface area contributed by atoms with Crippen molar-refractivity contribution in [2.45, 2.75) is 38.0 Å². The maximum Gasteiger partial charge on any atom is 0.307 e. The van der Waals surface area contributed by atoms with Crippen molar-refractivity contribution in [2.75, 3.05) is 13.2 Å². The van der Waals surface area contributed by atoms with Crippen LogP contribution in [0.15, 0.2) is 24.3 Å². The fourth-order valence-electron chi connectivity index (χ4n) is 2.38. The van der Waals surface area contributed by atoms with Crippen molar-refractivity contribution in [1.82, 2.24) is 5.32 Å². The molecule has 0 aliphatic carbocycles. The van der Waals surface area contributed by atoms with E-state index in [4.69, 9.17) is 9.84 Å². The molecule has 0 radical (unpaired) electrons. The molecule has 0 amide bonds. The van der Waals surface area contributed by atoms with Crippen LogP contribution in [0.3, 0.4) is 0 Å². The molecule has 0 aromatic heterocycles. The van der Waals surface area contributed by atoms with Gasteiger partial charge in [0.25, 0.3) is 0 Å². The minimum Gasteiger partial charge on any atom is -0.481 e. The highest BCUT2D eigenvalue weighted by molar-refractivity contribution is 5.70. The number of carboxylic acid groups (broad SMARTS) is 1. The third-order valence-corrected chi connectivity index (χ3v) is 3.80. The quantitative estimate of drug-likeness (QED) is 0.722. The van der Waals surface area contributed by atoms with Crippen LogP contribution < -0.4 is 5.32 Å². The molecule has 5 heteroatoms. The lowest BCUT2D eigenvalue weighted by Gasteiger charge is -2.26. The first-order chi connectivity index (χ1) is 9.49. The summed E-state index contributed by atoms with van der Waals surface area (Å²) in [6, 6.07) is 7.45. The number of benzene rings is 1. The van der Waals surface area contributed by atoms with Crippen molar-refractivity contribution in [2.24, 2.45) is 0 Å². The first-order valence-electron chi connectivity index (χ1n) is 6.84. The number of rotatable bonds is 6. The number of carboxylic acids is 1. The van der Waals surface area contributed by atoms with Crippen molar-refractivity contribution in [3.63, 3.8) is 0 Å². The lowest BCUT2D eigenvalue weighted by atomic mass is 9.96. The molecule has 0 saturated carbocycles. The van der Waals surface area contributed by atoms with Gasteiger partial charge in [-0.25, -0.2) is 0 Å². The van der Waals surface area contributed by atoms with Crippen molar-refractivity contribution < 1.29 is 19.7 Å². The Morgan fingerprint density at radius 3 is 2.60 bits per heavy atom. The van der Waals surface area contributed by atoms with Crippen LogP contribution in [-0.4, -0.2) is 41.0 Å². The molecule has 2 atom stereocenters. The zero-order valence-electron chi connectivity index (χ0n) is 11.6. The standard InChI is InChI=1S/C15H21NO4/c1-11-15(19,6-7-20-11)10-16-9-13-4-2-12(3-5-13)8-14(17)18/h2-5,11,16,19H,6-10H2,1H3,(H,17,18). The van der Waals surface area contributed by atoms with Crippen molar-refractivity contribution in [3.05, 3.63) is 35.4 Å². The van der Waals surface area contributed by atoms with Gasteiger partial charge in [-0.15, -0.1) is 0 Å². The zero-order valence-corrected chi connectivity index (χ0v) is 11.6. The van der Waals surface area contributed by atoms with Crippen molar-refractivity contribution in [3.8, 4) is 0 Å². The average molecular weight is 279 g/mol. The molecule has 1 aliphatic rings. The molecule has 3 N–H and O–H groups in total. The maximum absolute atomic E-state index is 10.6. The van der Waals surface area contributed by atoms with Gasteiger partial charge in [-0.05, 0) is 18.1 Å². The molecule has 1 aliphatic heterocycles. The Kier molecular flexibility index (Phi) is 4.75. The van der Waals surface area contributed by atoms with Crippen LogP contribution in [0, 0.1) is 0 Å². The van der Waals surface area contributed by atoms with Crippen LogP contribution in [0.5, 0.6) is 0 Å². The predicted octanol–water partition coefficient (Wildman–Crippen LogP) is 0.943. The van der Waals surface area contributed by atoms with Gasteiger partial charge in [-0.1, -0.05) is 24.3 Å². The fraction of sp³-hybridized carbons (Fsp3) is 0.533. The Hall–Kier alpha value is -1.43. The Balaban J connectivity index is 1.81. The van der Waals surface area contributed by atoms with Gasteiger partial charge in [0.15, 0.2) is 0 Å². The topological polar surface area (TPSA) is 78.8 Å². The van der Waals surface area contributed by atoms with Gasteiger partial charge in [0, 0.05) is 26.1 Å². The molecular formula is C15H21NO4. The molecule has 2 rings (SSSR count). The number of hydrogen-bond acceptors (Lipinski definition) is 4. The van der Waals surface area contributed by atoms with Gasteiger partial charge in [-0.3, -0.25) is 4.79 Å². The normalized spacial score (nSPS) is 25.8. The summed E-state index contributed by atoms with van der Waals surface area (Å²) in [5.74, 6) is -0.826. The van der Waals surface area contributed by atoms with E-state index in [2.05, 4.69) is 5.32 Å².